The number of halogens is 3. The Balaban J connectivity index is 1.99. The molecule has 0 fully saturated rings. The summed E-state index contributed by atoms with van der Waals surface area (Å²) in [5.74, 6) is -0.358. The number of hydrogen-bond donors (Lipinski definition) is 1. The Morgan fingerprint density at radius 3 is 2.34 bits per heavy atom. The summed E-state index contributed by atoms with van der Waals surface area (Å²) in [7, 11) is 0. The van der Waals surface area contributed by atoms with Crippen LogP contribution in [0.5, 0.6) is 0 Å². The minimum Gasteiger partial charge on any atom is -0.352 e. The molecule has 0 aliphatic rings. The lowest BCUT2D eigenvalue weighted by molar-refractivity contribution is -0.141. The maximum absolute atomic E-state index is 13.8. The first-order valence-electron chi connectivity index (χ1n) is 11.6. The van der Waals surface area contributed by atoms with E-state index >= 15 is 0 Å². The van der Waals surface area contributed by atoms with Crippen molar-refractivity contribution in [1.29, 1.82) is 0 Å². The maximum atomic E-state index is 13.8. The third kappa shape index (κ3) is 8.09. The molecule has 2 atom stereocenters. The van der Waals surface area contributed by atoms with E-state index in [0.717, 1.165) is 22.0 Å². The van der Waals surface area contributed by atoms with Gasteiger partial charge in [-0.3, -0.25) is 9.59 Å². The number of amides is 2. The summed E-state index contributed by atoms with van der Waals surface area (Å²) in [6, 6.07) is 21.9. The van der Waals surface area contributed by atoms with Gasteiger partial charge >= 0.3 is 0 Å². The van der Waals surface area contributed by atoms with Crippen LogP contribution in [0.3, 0.4) is 0 Å². The highest BCUT2D eigenvalue weighted by molar-refractivity contribution is 9.10. The van der Waals surface area contributed by atoms with Gasteiger partial charge in [-0.2, -0.15) is 0 Å². The van der Waals surface area contributed by atoms with Crippen LogP contribution >= 0.6 is 39.1 Å². The topological polar surface area (TPSA) is 49.4 Å². The SMILES string of the molecule is CC[C@@H](C)NC(=O)[C@@H](Cc1ccccc1)N(Cc1cccc(Br)c1)C(=O)Cc1ccc(Cl)cc1Cl. The molecule has 35 heavy (non-hydrogen) atoms. The zero-order valence-corrected chi connectivity index (χ0v) is 22.9. The molecule has 4 nitrogen and oxygen atoms in total. The number of benzene rings is 3. The average Bonchev–Trinajstić information content (AvgIpc) is 2.83. The van der Waals surface area contributed by atoms with E-state index in [4.69, 9.17) is 23.2 Å². The number of nitrogens with zero attached hydrogens (tertiary/aromatic N) is 1. The summed E-state index contributed by atoms with van der Waals surface area (Å²) in [6.07, 6.45) is 1.26. The van der Waals surface area contributed by atoms with Gasteiger partial charge in [0.2, 0.25) is 11.8 Å². The quantitative estimate of drug-likeness (QED) is 0.287. The van der Waals surface area contributed by atoms with Gasteiger partial charge in [0.1, 0.15) is 6.04 Å². The molecule has 3 rings (SSSR count). The molecule has 0 heterocycles. The van der Waals surface area contributed by atoms with Gasteiger partial charge in [-0.1, -0.05) is 94.6 Å². The molecule has 0 bridgehead atoms. The Kier molecular flexibility index (Phi) is 10.2. The van der Waals surface area contributed by atoms with Crippen molar-refractivity contribution in [2.24, 2.45) is 0 Å². The van der Waals surface area contributed by atoms with E-state index in [2.05, 4.69) is 21.2 Å². The standard InChI is InChI=1S/C28H29BrCl2N2O2/c1-3-19(2)32-28(35)26(15-20-8-5-4-6-9-20)33(18-21-10-7-11-23(29)14-21)27(34)16-22-12-13-24(30)17-25(22)31/h4-14,17,19,26H,3,15-16,18H2,1-2H3,(H,32,35)/t19-,26-/m1/s1. The van der Waals surface area contributed by atoms with E-state index < -0.39 is 6.04 Å². The normalized spacial score (nSPS) is 12.6. The Morgan fingerprint density at radius 2 is 1.69 bits per heavy atom. The predicted octanol–water partition coefficient (Wildman–Crippen LogP) is 6.85. The van der Waals surface area contributed by atoms with Crippen LogP contribution in [0, 0.1) is 0 Å². The fourth-order valence-electron chi connectivity index (χ4n) is 3.76. The second-order valence-corrected chi connectivity index (χ2v) is 10.3. The van der Waals surface area contributed by atoms with E-state index in [0.29, 0.717) is 22.0 Å². The van der Waals surface area contributed by atoms with Crippen LogP contribution in [-0.4, -0.2) is 28.8 Å². The van der Waals surface area contributed by atoms with Crippen LogP contribution in [-0.2, 0) is 29.0 Å². The van der Waals surface area contributed by atoms with E-state index in [1.54, 1.807) is 23.1 Å². The lowest BCUT2D eigenvalue weighted by atomic mass is 10.0. The van der Waals surface area contributed by atoms with Crippen molar-refractivity contribution < 1.29 is 9.59 Å². The smallest absolute Gasteiger partial charge is 0.243 e. The second-order valence-electron chi connectivity index (χ2n) is 8.59. The molecule has 0 aliphatic carbocycles. The molecule has 3 aromatic rings. The minimum absolute atomic E-state index is 0.00527. The summed E-state index contributed by atoms with van der Waals surface area (Å²) in [6.45, 7) is 4.27. The highest BCUT2D eigenvalue weighted by Gasteiger charge is 2.31. The Morgan fingerprint density at radius 1 is 0.971 bits per heavy atom. The van der Waals surface area contributed by atoms with Crippen LogP contribution in [0.2, 0.25) is 10.0 Å². The molecule has 0 spiro atoms. The Hall–Kier alpha value is -2.34. The second kappa shape index (κ2) is 13.1. The summed E-state index contributed by atoms with van der Waals surface area (Å²) < 4.78 is 0.909. The van der Waals surface area contributed by atoms with Gasteiger partial charge in [-0.25, -0.2) is 0 Å². The van der Waals surface area contributed by atoms with Gasteiger partial charge in [-0.15, -0.1) is 0 Å². The van der Waals surface area contributed by atoms with Crippen molar-refractivity contribution in [3.63, 3.8) is 0 Å². The molecule has 0 saturated carbocycles. The number of hydrogen-bond acceptors (Lipinski definition) is 2. The fourth-order valence-corrected chi connectivity index (χ4v) is 4.68. The molecule has 7 heteroatoms. The van der Waals surface area contributed by atoms with Gasteiger partial charge in [0.15, 0.2) is 0 Å². The van der Waals surface area contributed by atoms with Crippen LogP contribution in [0.25, 0.3) is 0 Å². The van der Waals surface area contributed by atoms with Gasteiger partial charge in [0.05, 0.1) is 6.42 Å². The zero-order valence-electron chi connectivity index (χ0n) is 19.8. The van der Waals surface area contributed by atoms with Gasteiger partial charge in [0.25, 0.3) is 0 Å². The van der Waals surface area contributed by atoms with Crippen LogP contribution in [0.15, 0.2) is 77.3 Å². The first-order valence-corrected chi connectivity index (χ1v) is 13.1. The van der Waals surface area contributed by atoms with E-state index in [9.17, 15) is 9.59 Å². The summed E-state index contributed by atoms with van der Waals surface area (Å²) in [5, 5.41) is 4.01. The van der Waals surface area contributed by atoms with Gasteiger partial charge in [-0.05, 0) is 54.3 Å². The van der Waals surface area contributed by atoms with Crippen molar-refractivity contribution in [1.82, 2.24) is 10.2 Å². The molecule has 2 amide bonds. The largest absolute Gasteiger partial charge is 0.352 e. The van der Waals surface area contributed by atoms with E-state index in [1.807, 2.05) is 68.4 Å². The average molecular weight is 576 g/mol. The molecule has 1 N–H and O–H groups in total. The summed E-state index contributed by atoms with van der Waals surface area (Å²) in [5.41, 5.74) is 2.57. The third-order valence-electron chi connectivity index (χ3n) is 5.87. The number of carbonyl (C=O) groups is 2. The lowest BCUT2D eigenvalue weighted by Gasteiger charge is -2.32. The first kappa shape index (κ1) is 27.3. The van der Waals surface area contributed by atoms with Crippen molar-refractivity contribution in [3.8, 4) is 0 Å². The Bertz CT molecular complexity index is 1160. The van der Waals surface area contributed by atoms with Crippen molar-refractivity contribution in [3.05, 3.63) is 104 Å². The number of carbonyl (C=O) groups excluding carboxylic acids is 2. The third-order valence-corrected chi connectivity index (χ3v) is 6.95. The van der Waals surface area contributed by atoms with Gasteiger partial charge < -0.3 is 10.2 Å². The van der Waals surface area contributed by atoms with Crippen molar-refractivity contribution in [2.75, 3.05) is 0 Å². The van der Waals surface area contributed by atoms with E-state index in [1.165, 1.54) is 0 Å². The summed E-state index contributed by atoms with van der Waals surface area (Å²) in [4.78, 5) is 29.0. The molecule has 184 valence electrons. The molecule has 0 aliphatic heterocycles. The Labute approximate surface area is 225 Å². The molecule has 0 aromatic heterocycles. The molecule has 3 aromatic carbocycles. The molecule has 0 radical (unpaired) electrons. The molecular weight excluding hydrogens is 547 g/mol. The predicted molar refractivity (Wildman–Crippen MR) is 147 cm³/mol. The van der Waals surface area contributed by atoms with Crippen LogP contribution in [0.4, 0.5) is 0 Å². The highest BCUT2D eigenvalue weighted by Crippen LogP contribution is 2.24. The summed E-state index contributed by atoms with van der Waals surface area (Å²) >= 11 is 15.9. The molecule has 0 saturated heterocycles. The number of nitrogens with one attached hydrogen (secondary N) is 1. The monoisotopic (exact) mass is 574 g/mol. The van der Waals surface area contributed by atoms with Crippen molar-refractivity contribution in [2.45, 2.75) is 51.7 Å². The number of rotatable bonds is 10. The maximum Gasteiger partial charge on any atom is 0.243 e. The van der Waals surface area contributed by atoms with E-state index in [-0.39, 0.29) is 30.8 Å². The lowest BCUT2D eigenvalue weighted by Crippen LogP contribution is -2.52. The van der Waals surface area contributed by atoms with Crippen molar-refractivity contribution >= 4 is 50.9 Å². The van der Waals surface area contributed by atoms with Gasteiger partial charge in [0, 0.05) is 33.5 Å². The molecule has 0 unspecified atom stereocenters. The fraction of sp³-hybridized carbons (Fsp3) is 0.286. The zero-order chi connectivity index (χ0) is 25.4. The molecular formula is C28H29BrCl2N2O2. The highest BCUT2D eigenvalue weighted by atomic mass is 79.9. The first-order chi connectivity index (χ1) is 16.8. The van der Waals surface area contributed by atoms with Crippen LogP contribution in [0.1, 0.15) is 37.0 Å². The minimum atomic E-state index is -0.691. The van der Waals surface area contributed by atoms with Crippen LogP contribution < -0.4 is 5.32 Å².